The van der Waals surface area contributed by atoms with Crippen molar-refractivity contribution in [3.8, 4) is 0 Å². The molecule has 0 N–H and O–H groups in total. The summed E-state index contributed by atoms with van der Waals surface area (Å²) in [5.41, 5.74) is 0. The summed E-state index contributed by atoms with van der Waals surface area (Å²) >= 11 is 0. The van der Waals surface area contributed by atoms with Crippen molar-refractivity contribution in [2.45, 2.75) is 0 Å². The normalized spacial score (nSPS) is 0. The second kappa shape index (κ2) is 21.7. The van der Waals surface area contributed by atoms with Gasteiger partial charge in [0.2, 0.25) is 0 Å². The molecule has 0 amide bonds. The van der Waals surface area contributed by atoms with Gasteiger partial charge in [-0.25, -0.2) is 0 Å². The third-order valence-corrected chi connectivity index (χ3v) is 0. The largest absolute Gasteiger partial charge is 0 e. The van der Waals surface area contributed by atoms with Crippen LogP contribution < -0.4 is 0 Å². The van der Waals surface area contributed by atoms with Crippen molar-refractivity contribution < 1.29 is 33.6 Å². The maximum absolute atomic E-state index is 0. The van der Waals surface area contributed by atoms with E-state index < -0.39 is 0 Å². The van der Waals surface area contributed by atoms with E-state index in [2.05, 4.69) is 0 Å². The van der Waals surface area contributed by atoms with Crippen LogP contribution in [0.2, 0.25) is 0 Å². The first-order valence-electron chi connectivity index (χ1n) is 0. The van der Waals surface area contributed by atoms with Crippen LogP contribution in [0.4, 0.5) is 0 Å². The first-order valence-corrected chi connectivity index (χ1v) is 0. The summed E-state index contributed by atoms with van der Waals surface area (Å²) in [5.74, 6) is 0. The number of rotatable bonds is 0. The van der Waals surface area contributed by atoms with Gasteiger partial charge in [-0.3, -0.25) is 0 Å². The van der Waals surface area contributed by atoms with E-state index in [0.29, 0.717) is 0 Å². The van der Waals surface area contributed by atoms with Gasteiger partial charge in [-0.05, 0) is 0 Å². The Kier molecular flexibility index (Phi) is 228. The predicted molar refractivity (Wildman–Crippen MR) is 11.5 cm³/mol. The molecule has 8 radical (unpaired) electrons. The zero-order valence-corrected chi connectivity index (χ0v) is 6.09. The monoisotopic (exact) mass is 168 g/mol. The second-order valence-electron chi connectivity index (χ2n) is 0. The Hall–Kier alpha value is 1.76. The minimum Gasteiger partial charge on any atom is 0 e. The van der Waals surface area contributed by atoms with E-state index in [1.165, 1.54) is 0 Å². The van der Waals surface area contributed by atoms with Gasteiger partial charge in [0, 0.05) is 61.9 Å². The molecule has 0 nitrogen and oxygen atoms in total. The van der Waals surface area contributed by atoms with Crippen molar-refractivity contribution in [2.24, 2.45) is 0 Å². The number of hydrogen-bond donors (Lipinski definition) is 0. The molecule has 0 saturated heterocycles. The third-order valence-electron chi connectivity index (χ3n) is 0. The van der Waals surface area contributed by atoms with Crippen LogP contribution in [0.25, 0.3) is 0 Å². The van der Waals surface area contributed by atoms with E-state index in [1.807, 2.05) is 0 Å². The van der Waals surface area contributed by atoms with Crippen LogP contribution in [0, 0.1) is 0 Å². The molecule has 4 heavy (non-hydrogen) atoms. The van der Waals surface area contributed by atoms with Crippen LogP contribution in [0.3, 0.4) is 0 Å². The Morgan fingerprint density at radius 3 is 1.00 bits per heavy atom. The van der Waals surface area contributed by atoms with E-state index >= 15 is 0 Å². The van der Waals surface area contributed by atoms with Gasteiger partial charge >= 0.3 is 0 Å². The van der Waals surface area contributed by atoms with Crippen LogP contribution in [-0.2, 0) is 33.6 Å². The van der Waals surface area contributed by atoms with Crippen molar-refractivity contribution in [1.82, 2.24) is 0 Å². The molecule has 0 bridgehead atoms. The predicted octanol–water partition coefficient (Wildman–Crippen LogP) is -0.767. The summed E-state index contributed by atoms with van der Waals surface area (Å²) in [6.07, 6.45) is 0. The van der Waals surface area contributed by atoms with Crippen LogP contribution in [0.1, 0.15) is 0 Å². The minimum absolute atomic E-state index is 0. The maximum atomic E-state index is 0. The van der Waals surface area contributed by atoms with E-state index in [9.17, 15) is 0 Å². The Morgan fingerprint density at radius 2 is 1.00 bits per heavy atom. The molecule has 0 spiro atoms. The van der Waals surface area contributed by atoms with Crippen LogP contribution in [0.5, 0.6) is 0 Å². The van der Waals surface area contributed by atoms with Gasteiger partial charge in [0.25, 0.3) is 0 Å². The first kappa shape index (κ1) is 42.1. The quantitative estimate of drug-likeness (QED) is 0.417. The molecular formula is AlMnNiSi. The van der Waals surface area contributed by atoms with Gasteiger partial charge in [-0.2, -0.15) is 0 Å². The zero-order valence-electron chi connectivity index (χ0n) is 1.77. The molecule has 0 saturated carbocycles. The zero-order chi connectivity index (χ0) is 0. The van der Waals surface area contributed by atoms with Crippen LogP contribution in [0.15, 0.2) is 0 Å². The molecule has 0 aromatic carbocycles. The molecule has 0 aliphatic heterocycles. The maximum Gasteiger partial charge on any atom is 0 e. The van der Waals surface area contributed by atoms with Crippen LogP contribution >= 0.6 is 0 Å². The molecule has 0 aliphatic rings. The van der Waals surface area contributed by atoms with E-state index in [4.69, 9.17) is 0 Å². The van der Waals surface area contributed by atoms with Crippen molar-refractivity contribution >= 4 is 28.3 Å². The molecule has 0 atom stereocenters. The van der Waals surface area contributed by atoms with Gasteiger partial charge in [0.1, 0.15) is 0 Å². The smallest absolute Gasteiger partial charge is 0 e. The second-order valence-corrected chi connectivity index (χ2v) is 0. The Morgan fingerprint density at radius 1 is 1.00 bits per heavy atom. The molecule has 0 aliphatic carbocycles. The molecule has 0 fully saturated rings. The molecule has 0 aromatic heterocycles. The number of hydrogen-bond acceptors (Lipinski definition) is 0. The molecule has 0 aromatic rings. The minimum atomic E-state index is 0. The Labute approximate surface area is 61.7 Å². The molecule has 24 valence electrons. The SMILES string of the molecule is [Al].[Mn].[Ni].[Si]. The Balaban J connectivity index is 0. The standard InChI is InChI=1S/Al.Mn.Ni.Si. The van der Waals surface area contributed by atoms with Gasteiger partial charge in [0.05, 0.1) is 0 Å². The molecule has 4 heteroatoms. The van der Waals surface area contributed by atoms with Crippen molar-refractivity contribution in [3.05, 3.63) is 0 Å². The fourth-order valence-electron chi connectivity index (χ4n) is 0. The van der Waals surface area contributed by atoms with E-state index in [-0.39, 0.29) is 61.9 Å². The molecule has 0 rings (SSSR count). The summed E-state index contributed by atoms with van der Waals surface area (Å²) in [6.45, 7) is 0. The fraction of sp³-hybridized carbons (Fsp3) is 0. The third kappa shape index (κ3) is 9.24. The summed E-state index contributed by atoms with van der Waals surface area (Å²) in [6, 6.07) is 0. The van der Waals surface area contributed by atoms with Crippen molar-refractivity contribution in [2.75, 3.05) is 0 Å². The summed E-state index contributed by atoms with van der Waals surface area (Å²) in [4.78, 5) is 0. The van der Waals surface area contributed by atoms with Crippen molar-refractivity contribution in [1.29, 1.82) is 0 Å². The average molecular weight is 169 g/mol. The Bertz CT molecular complexity index is 8.00. The fourth-order valence-corrected chi connectivity index (χ4v) is 0. The molecule has 0 unspecified atom stereocenters. The van der Waals surface area contributed by atoms with Crippen LogP contribution in [-0.4, -0.2) is 28.3 Å². The molecule has 0 heterocycles. The summed E-state index contributed by atoms with van der Waals surface area (Å²) in [7, 11) is 0. The average Bonchev–Trinajstić information content (AvgIpc) is 0. The van der Waals surface area contributed by atoms with Crippen molar-refractivity contribution in [3.63, 3.8) is 0 Å². The summed E-state index contributed by atoms with van der Waals surface area (Å²) < 4.78 is 0. The topological polar surface area (TPSA) is 0 Å². The van der Waals surface area contributed by atoms with Gasteiger partial charge in [-0.1, -0.05) is 0 Å². The van der Waals surface area contributed by atoms with E-state index in [0.717, 1.165) is 0 Å². The van der Waals surface area contributed by atoms with Gasteiger partial charge in [0.15, 0.2) is 0 Å². The van der Waals surface area contributed by atoms with Gasteiger partial charge in [-0.15, -0.1) is 0 Å². The first-order chi connectivity index (χ1) is 0. The van der Waals surface area contributed by atoms with Gasteiger partial charge < -0.3 is 0 Å². The molecular weight excluding hydrogens is 169 g/mol. The summed E-state index contributed by atoms with van der Waals surface area (Å²) in [5, 5.41) is 0. The van der Waals surface area contributed by atoms with E-state index in [1.54, 1.807) is 0 Å².